The van der Waals surface area contributed by atoms with E-state index in [9.17, 15) is 4.79 Å². The van der Waals surface area contributed by atoms with Crippen molar-refractivity contribution in [2.24, 2.45) is 0 Å². The Morgan fingerprint density at radius 2 is 1.67 bits per heavy atom. The maximum atomic E-state index is 12.5. The van der Waals surface area contributed by atoms with Crippen LogP contribution in [-0.2, 0) is 11.3 Å². The van der Waals surface area contributed by atoms with Crippen LogP contribution < -0.4 is 19.7 Å². The lowest BCUT2D eigenvalue weighted by molar-refractivity contribution is -0.130. The number of hydrogen-bond donors (Lipinski definition) is 1. The maximum absolute atomic E-state index is 12.5. The fourth-order valence-corrected chi connectivity index (χ4v) is 3.26. The Kier molecular flexibility index (Phi) is 6.54. The summed E-state index contributed by atoms with van der Waals surface area (Å²) >= 11 is 0. The summed E-state index contributed by atoms with van der Waals surface area (Å²) in [6.45, 7) is 4.08. The summed E-state index contributed by atoms with van der Waals surface area (Å²) in [4.78, 5) is 16.7. The zero-order chi connectivity index (χ0) is 19.1. The second-order valence-corrected chi connectivity index (χ2v) is 6.49. The fraction of sp³-hybridized carbons (Fsp3) is 0.381. The number of methoxy groups -OCH3 is 2. The summed E-state index contributed by atoms with van der Waals surface area (Å²) in [6.07, 6.45) is 0. The first-order chi connectivity index (χ1) is 13.2. The van der Waals surface area contributed by atoms with E-state index in [0.29, 0.717) is 13.1 Å². The molecule has 0 spiro atoms. The third kappa shape index (κ3) is 4.92. The van der Waals surface area contributed by atoms with Crippen molar-refractivity contribution in [3.8, 4) is 11.5 Å². The van der Waals surface area contributed by atoms with Gasteiger partial charge in [-0.15, -0.1) is 0 Å². The van der Waals surface area contributed by atoms with E-state index < -0.39 is 0 Å². The zero-order valence-corrected chi connectivity index (χ0v) is 16.0. The second kappa shape index (κ2) is 9.28. The van der Waals surface area contributed by atoms with Crippen LogP contribution in [0.5, 0.6) is 11.5 Å². The molecule has 1 amide bonds. The average Bonchev–Trinajstić information content (AvgIpc) is 2.74. The van der Waals surface area contributed by atoms with Crippen LogP contribution in [0.3, 0.4) is 0 Å². The number of nitrogens with one attached hydrogen (secondary N) is 1. The van der Waals surface area contributed by atoms with Crippen molar-refractivity contribution in [1.29, 1.82) is 0 Å². The molecule has 1 aliphatic rings. The molecule has 6 heteroatoms. The molecule has 0 radical (unpaired) electrons. The van der Waals surface area contributed by atoms with Crippen LogP contribution in [0.1, 0.15) is 5.56 Å². The van der Waals surface area contributed by atoms with Gasteiger partial charge < -0.3 is 24.6 Å². The molecular weight excluding hydrogens is 342 g/mol. The van der Waals surface area contributed by atoms with Crippen molar-refractivity contribution in [2.75, 3.05) is 51.8 Å². The average molecular weight is 369 g/mol. The monoisotopic (exact) mass is 369 g/mol. The van der Waals surface area contributed by atoms with Gasteiger partial charge in [0.05, 0.1) is 26.5 Å². The Morgan fingerprint density at radius 1 is 0.963 bits per heavy atom. The largest absolute Gasteiger partial charge is 0.497 e. The van der Waals surface area contributed by atoms with Crippen molar-refractivity contribution < 1.29 is 14.3 Å². The van der Waals surface area contributed by atoms with Crippen LogP contribution in [-0.4, -0.2) is 57.8 Å². The molecule has 1 aliphatic heterocycles. The topological polar surface area (TPSA) is 54.0 Å². The third-order valence-electron chi connectivity index (χ3n) is 4.82. The van der Waals surface area contributed by atoms with Gasteiger partial charge in [0.1, 0.15) is 11.5 Å². The first kappa shape index (κ1) is 19.0. The minimum absolute atomic E-state index is 0.142. The highest BCUT2D eigenvalue weighted by atomic mass is 16.5. The van der Waals surface area contributed by atoms with Crippen molar-refractivity contribution in [1.82, 2.24) is 10.2 Å². The number of ether oxygens (including phenoxy) is 2. The van der Waals surface area contributed by atoms with Gasteiger partial charge in [-0.2, -0.15) is 0 Å². The molecule has 1 saturated heterocycles. The Bertz CT molecular complexity index is 741. The smallest absolute Gasteiger partial charge is 0.236 e. The Hall–Kier alpha value is -2.73. The fourth-order valence-electron chi connectivity index (χ4n) is 3.26. The molecule has 1 N–H and O–H groups in total. The number of rotatable bonds is 7. The van der Waals surface area contributed by atoms with E-state index in [0.717, 1.165) is 48.9 Å². The molecular formula is C21H27N3O3. The van der Waals surface area contributed by atoms with Gasteiger partial charge in [-0.25, -0.2) is 0 Å². The number of hydrogen-bond acceptors (Lipinski definition) is 5. The Labute approximate surface area is 160 Å². The highest BCUT2D eigenvalue weighted by Gasteiger charge is 2.22. The predicted molar refractivity (Wildman–Crippen MR) is 106 cm³/mol. The molecule has 2 aromatic rings. The van der Waals surface area contributed by atoms with Crippen LogP contribution >= 0.6 is 0 Å². The molecule has 0 aromatic heterocycles. The van der Waals surface area contributed by atoms with Crippen LogP contribution in [0.25, 0.3) is 0 Å². The van der Waals surface area contributed by atoms with Gasteiger partial charge >= 0.3 is 0 Å². The van der Waals surface area contributed by atoms with Crippen molar-refractivity contribution >= 4 is 11.6 Å². The molecule has 1 fully saturated rings. The van der Waals surface area contributed by atoms with Crippen molar-refractivity contribution in [2.45, 2.75) is 6.54 Å². The third-order valence-corrected chi connectivity index (χ3v) is 4.82. The van der Waals surface area contributed by atoms with Crippen molar-refractivity contribution in [3.05, 3.63) is 54.1 Å². The molecule has 0 aliphatic carbocycles. The van der Waals surface area contributed by atoms with E-state index in [4.69, 9.17) is 9.47 Å². The summed E-state index contributed by atoms with van der Waals surface area (Å²) in [6, 6.07) is 15.9. The van der Waals surface area contributed by atoms with Gasteiger partial charge in [-0.3, -0.25) is 4.79 Å². The maximum Gasteiger partial charge on any atom is 0.236 e. The van der Waals surface area contributed by atoms with Crippen LogP contribution in [0.15, 0.2) is 48.5 Å². The first-order valence-corrected chi connectivity index (χ1v) is 9.20. The van der Waals surface area contributed by atoms with Gasteiger partial charge in [-0.1, -0.05) is 24.3 Å². The molecule has 3 rings (SSSR count). The zero-order valence-electron chi connectivity index (χ0n) is 16.0. The molecule has 0 bridgehead atoms. The van der Waals surface area contributed by atoms with E-state index in [1.807, 2.05) is 47.4 Å². The van der Waals surface area contributed by atoms with Crippen molar-refractivity contribution in [3.63, 3.8) is 0 Å². The Balaban J connectivity index is 1.44. The van der Waals surface area contributed by atoms with Gasteiger partial charge in [0.15, 0.2) is 0 Å². The molecule has 27 heavy (non-hydrogen) atoms. The van der Waals surface area contributed by atoms with Gasteiger partial charge in [0.25, 0.3) is 0 Å². The molecule has 2 aromatic carbocycles. The number of para-hydroxylation sites is 2. The number of nitrogens with zero attached hydrogens (tertiary/aromatic N) is 2. The number of anilines is 1. The van der Waals surface area contributed by atoms with Crippen LogP contribution in [0.4, 0.5) is 5.69 Å². The second-order valence-electron chi connectivity index (χ2n) is 6.49. The lowest BCUT2D eigenvalue weighted by Gasteiger charge is -2.36. The Morgan fingerprint density at radius 3 is 2.33 bits per heavy atom. The van der Waals surface area contributed by atoms with E-state index in [1.54, 1.807) is 14.2 Å². The lowest BCUT2D eigenvalue weighted by Crippen LogP contribution is -2.50. The summed E-state index contributed by atoms with van der Waals surface area (Å²) in [5.41, 5.74) is 2.22. The van der Waals surface area contributed by atoms with Gasteiger partial charge in [0.2, 0.25) is 5.91 Å². The molecule has 0 unspecified atom stereocenters. The summed E-state index contributed by atoms with van der Waals surface area (Å²) < 4.78 is 10.6. The molecule has 1 heterocycles. The molecule has 0 atom stereocenters. The predicted octanol–water partition coefficient (Wildman–Crippen LogP) is 2.14. The van der Waals surface area contributed by atoms with Crippen LogP contribution in [0, 0.1) is 0 Å². The SMILES string of the molecule is COc1ccc(CNCC(=O)N2CCN(c3ccccc3OC)CC2)cc1. The standard InChI is InChI=1S/C21H27N3O3/c1-26-18-9-7-17(8-10-18)15-22-16-21(25)24-13-11-23(12-14-24)19-5-3-4-6-20(19)27-2/h3-10,22H,11-16H2,1-2H3. The highest BCUT2D eigenvalue weighted by Crippen LogP contribution is 2.28. The molecule has 144 valence electrons. The summed E-state index contributed by atoms with van der Waals surface area (Å²) in [5, 5.41) is 3.23. The lowest BCUT2D eigenvalue weighted by atomic mass is 10.2. The van der Waals surface area contributed by atoms with E-state index in [1.165, 1.54) is 0 Å². The minimum atomic E-state index is 0.142. The quantitative estimate of drug-likeness (QED) is 0.810. The van der Waals surface area contributed by atoms with Gasteiger partial charge in [-0.05, 0) is 29.8 Å². The number of carbonyl (C=O) groups is 1. The number of piperazine rings is 1. The number of amides is 1. The summed E-state index contributed by atoms with van der Waals surface area (Å²) in [7, 11) is 3.34. The van der Waals surface area contributed by atoms with E-state index >= 15 is 0 Å². The number of benzene rings is 2. The van der Waals surface area contributed by atoms with E-state index in [-0.39, 0.29) is 5.91 Å². The van der Waals surface area contributed by atoms with E-state index in [2.05, 4.69) is 16.3 Å². The molecule has 6 nitrogen and oxygen atoms in total. The van der Waals surface area contributed by atoms with Crippen LogP contribution in [0.2, 0.25) is 0 Å². The first-order valence-electron chi connectivity index (χ1n) is 9.20. The molecule has 0 saturated carbocycles. The minimum Gasteiger partial charge on any atom is -0.497 e. The normalized spacial score (nSPS) is 14.1. The number of carbonyl (C=O) groups excluding carboxylic acids is 1. The highest BCUT2D eigenvalue weighted by molar-refractivity contribution is 5.78. The summed E-state index contributed by atoms with van der Waals surface area (Å²) in [5.74, 6) is 1.85. The van der Waals surface area contributed by atoms with Gasteiger partial charge in [0, 0.05) is 32.7 Å².